The van der Waals surface area contributed by atoms with E-state index in [1.807, 2.05) is 24.3 Å². The first-order valence-electron chi connectivity index (χ1n) is 8.07. The van der Waals surface area contributed by atoms with Crippen molar-refractivity contribution in [2.45, 2.75) is 19.8 Å². The van der Waals surface area contributed by atoms with Crippen LogP contribution in [0.25, 0.3) is 21.0 Å². The number of hydrogen-bond donors (Lipinski definition) is 1. The Balaban J connectivity index is 1.57. The molecule has 25 heavy (non-hydrogen) atoms. The second-order valence-corrected chi connectivity index (χ2v) is 6.35. The molecular weight excluding hydrogens is 340 g/mol. The van der Waals surface area contributed by atoms with E-state index in [9.17, 15) is 9.59 Å². The SMILES string of the molecule is CCOC(=O)CCCNC(=O)c1ccc(-c2nc3ccccc3s2)o1. The van der Waals surface area contributed by atoms with Gasteiger partial charge in [-0.05, 0) is 37.6 Å². The summed E-state index contributed by atoms with van der Waals surface area (Å²) in [5.74, 6) is 0.229. The normalized spacial score (nSPS) is 10.8. The molecular formula is C18H18N2O4S. The molecule has 6 nitrogen and oxygen atoms in total. The molecule has 0 unspecified atom stereocenters. The second kappa shape index (κ2) is 7.94. The fourth-order valence-electron chi connectivity index (χ4n) is 2.31. The van der Waals surface area contributed by atoms with Crippen molar-refractivity contribution < 1.29 is 18.7 Å². The van der Waals surface area contributed by atoms with Crippen LogP contribution in [0.3, 0.4) is 0 Å². The molecule has 0 atom stereocenters. The highest BCUT2D eigenvalue weighted by atomic mass is 32.1. The summed E-state index contributed by atoms with van der Waals surface area (Å²) in [6.45, 7) is 2.51. The smallest absolute Gasteiger partial charge is 0.305 e. The fourth-order valence-corrected chi connectivity index (χ4v) is 3.23. The van der Waals surface area contributed by atoms with Crippen molar-refractivity contribution in [2.24, 2.45) is 0 Å². The van der Waals surface area contributed by atoms with Crippen molar-refractivity contribution in [1.29, 1.82) is 0 Å². The molecule has 1 N–H and O–H groups in total. The predicted octanol–water partition coefficient (Wildman–Crippen LogP) is 3.63. The third kappa shape index (κ3) is 4.24. The van der Waals surface area contributed by atoms with Crippen LogP contribution >= 0.6 is 11.3 Å². The van der Waals surface area contributed by atoms with Gasteiger partial charge in [-0.3, -0.25) is 9.59 Å². The van der Waals surface area contributed by atoms with Crippen LogP contribution in [0, 0.1) is 0 Å². The maximum atomic E-state index is 12.1. The van der Waals surface area contributed by atoms with Crippen LogP contribution in [-0.2, 0) is 9.53 Å². The standard InChI is InChI=1S/C18H18N2O4S/c1-2-23-16(21)8-5-11-19-17(22)13-9-10-14(24-13)18-20-12-6-3-4-7-15(12)25-18/h3-4,6-7,9-10H,2,5,8,11H2,1H3,(H,19,22). The van der Waals surface area contributed by atoms with E-state index in [1.165, 1.54) is 11.3 Å². The maximum Gasteiger partial charge on any atom is 0.305 e. The molecule has 0 spiro atoms. The summed E-state index contributed by atoms with van der Waals surface area (Å²) in [7, 11) is 0. The van der Waals surface area contributed by atoms with E-state index < -0.39 is 0 Å². The number of benzene rings is 1. The van der Waals surface area contributed by atoms with E-state index in [1.54, 1.807) is 19.1 Å². The highest BCUT2D eigenvalue weighted by molar-refractivity contribution is 7.21. The maximum absolute atomic E-state index is 12.1. The quantitative estimate of drug-likeness (QED) is 0.515. The number of aromatic nitrogens is 1. The Hall–Kier alpha value is -2.67. The number of carbonyl (C=O) groups excluding carboxylic acids is 2. The molecule has 0 radical (unpaired) electrons. The lowest BCUT2D eigenvalue weighted by molar-refractivity contribution is -0.143. The molecule has 0 aliphatic heterocycles. The van der Waals surface area contributed by atoms with Crippen molar-refractivity contribution in [3.05, 3.63) is 42.2 Å². The van der Waals surface area contributed by atoms with Gasteiger partial charge < -0.3 is 14.5 Å². The van der Waals surface area contributed by atoms with Gasteiger partial charge in [-0.15, -0.1) is 11.3 Å². The highest BCUT2D eigenvalue weighted by Gasteiger charge is 2.14. The first-order valence-corrected chi connectivity index (χ1v) is 8.88. The Morgan fingerprint density at radius 1 is 1.24 bits per heavy atom. The summed E-state index contributed by atoms with van der Waals surface area (Å²) in [5, 5.41) is 3.47. The Morgan fingerprint density at radius 3 is 2.88 bits per heavy atom. The zero-order valence-corrected chi connectivity index (χ0v) is 14.6. The van der Waals surface area contributed by atoms with Gasteiger partial charge in [0, 0.05) is 13.0 Å². The second-order valence-electron chi connectivity index (χ2n) is 5.32. The van der Waals surface area contributed by atoms with Crippen molar-refractivity contribution >= 4 is 33.4 Å². The number of furan rings is 1. The van der Waals surface area contributed by atoms with Gasteiger partial charge in [0.2, 0.25) is 0 Å². The van der Waals surface area contributed by atoms with Crippen LogP contribution in [-0.4, -0.2) is 30.0 Å². The average molecular weight is 358 g/mol. The van der Waals surface area contributed by atoms with Crippen LogP contribution < -0.4 is 5.32 Å². The number of nitrogens with one attached hydrogen (secondary N) is 1. The van der Waals surface area contributed by atoms with Gasteiger partial charge in [-0.2, -0.15) is 0 Å². The molecule has 130 valence electrons. The topological polar surface area (TPSA) is 81.4 Å². The number of rotatable bonds is 7. The first-order chi connectivity index (χ1) is 12.2. The Morgan fingerprint density at radius 2 is 2.08 bits per heavy atom. The molecule has 3 rings (SSSR count). The van der Waals surface area contributed by atoms with Gasteiger partial charge in [-0.25, -0.2) is 4.98 Å². The summed E-state index contributed by atoms with van der Waals surface area (Å²) >= 11 is 1.52. The molecule has 0 aliphatic carbocycles. The molecule has 7 heteroatoms. The minimum absolute atomic E-state index is 0.227. The number of fused-ring (bicyclic) bond motifs is 1. The van der Waals surface area contributed by atoms with E-state index in [0.29, 0.717) is 25.3 Å². The molecule has 0 bridgehead atoms. The van der Waals surface area contributed by atoms with Crippen LogP contribution in [0.2, 0.25) is 0 Å². The summed E-state index contributed by atoms with van der Waals surface area (Å²) in [6, 6.07) is 11.2. The molecule has 0 aliphatic rings. The molecule has 0 saturated carbocycles. The van der Waals surface area contributed by atoms with Crippen molar-refractivity contribution in [1.82, 2.24) is 10.3 Å². The summed E-state index contributed by atoms with van der Waals surface area (Å²) in [6.07, 6.45) is 0.805. The van der Waals surface area contributed by atoms with Gasteiger partial charge in [0.15, 0.2) is 16.5 Å². The lowest BCUT2D eigenvalue weighted by atomic mass is 10.3. The minimum Gasteiger partial charge on any atom is -0.466 e. The number of esters is 1. The van der Waals surface area contributed by atoms with E-state index in [2.05, 4.69) is 10.3 Å². The number of carbonyl (C=O) groups is 2. The van der Waals surface area contributed by atoms with E-state index in [-0.39, 0.29) is 24.1 Å². The highest BCUT2D eigenvalue weighted by Crippen LogP contribution is 2.31. The molecule has 0 saturated heterocycles. The molecule has 1 aromatic carbocycles. The van der Waals surface area contributed by atoms with E-state index in [4.69, 9.17) is 9.15 Å². The lowest BCUT2D eigenvalue weighted by Crippen LogP contribution is -2.24. The summed E-state index contributed by atoms with van der Waals surface area (Å²) in [4.78, 5) is 27.8. The minimum atomic E-state index is -0.309. The van der Waals surface area contributed by atoms with Crippen LogP contribution in [0.5, 0.6) is 0 Å². The Kier molecular flexibility index (Phi) is 5.45. The first kappa shape index (κ1) is 17.2. The van der Waals surface area contributed by atoms with Gasteiger partial charge >= 0.3 is 5.97 Å². The van der Waals surface area contributed by atoms with Gasteiger partial charge in [0.25, 0.3) is 5.91 Å². The molecule has 2 heterocycles. The Labute approximate surface area is 148 Å². The molecule has 3 aromatic rings. The largest absolute Gasteiger partial charge is 0.466 e. The van der Waals surface area contributed by atoms with Crippen molar-refractivity contribution in [3.63, 3.8) is 0 Å². The van der Waals surface area contributed by atoms with E-state index >= 15 is 0 Å². The number of nitrogens with zero attached hydrogens (tertiary/aromatic N) is 1. The number of ether oxygens (including phenoxy) is 1. The van der Waals surface area contributed by atoms with Crippen LogP contribution in [0.4, 0.5) is 0 Å². The number of hydrogen-bond acceptors (Lipinski definition) is 6. The monoisotopic (exact) mass is 358 g/mol. The Bertz CT molecular complexity index is 851. The average Bonchev–Trinajstić information content (AvgIpc) is 3.25. The number of thiazole rings is 1. The third-order valence-electron chi connectivity index (χ3n) is 3.48. The zero-order valence-electron chi connectivity index (χ0n) is 13.8. The molecule has 1 amide bonds. The molecule has 2 aromatic heterocycles. The van der Waals surface area contributed by atoms with Crippen LogP contribution in [0.1, 0.15) is 30.3 Å². The molecule has 0 fully saturated rings. The third-order valence-corrected chi connectivity index (χ3v) is 4.53. The number of para-hydroxylation sites is 1. The van der Waals surface area contributed by atoms with Gasteiger partial charge in [0.05, 0.1) is 16.8 Å². The van der Waals surface area contributed by atoms with Crippen molar-refractivity contribution in [3.8, 4) is 10.8 Å². The van der Waals surface area contributed by atoms with Gasteiger partial charge in [0.1, 0.15) is 0 Å². The summed E-state index contributed by atoms with van der Waals surface area (Å²) < 4.78 is 11.5. The van der Waals surface area contributed by atoms with Crippen LogP contribution in [0.15, 0.2) is 40.8 Å². The lowest BCUT2D eigenvalue weighted by Gasteiger charge is -2.03. The van der Waals surface area contributed by atoms with Gasteiger partial charge in [-0.1, -0.05) is 12.1 Å². The summed E-state index contributed by atoms with van der Waals surface area (Å²) in [5.41, 5.74) is 0.906. The zero-order chi connectivity index (χ0) is 17.6. The van der Waals surface area contributed by atoms with E-state index in [0.717, 1.165) is 15.2 Å². The van der Waals surface area contributed by atoms with Crippen molar-refractivity contribution in [2.75, 3.05) is 13.2 Å². The predicted molar refractivity (Wildman–Crippen MR) is 95.5 cm³/mol. The number of amides is 1. The fraction of sp³-hybridized carbons (Fsp3) is 0.278.